The molecule has 4 heteroatoms. The molecule has 1 fully saturated rings. The van der Waals surface area contributed by atoms with E-state index in [-0.39, 0.29) is 18.7 Å². The van der Waals surface area contributed by atoms with Gasteiger partial charge in [-0.05, 0) is 19.9 Å². The zero-order valence-electron chi connectivity index (χ0n) is 11.1. The Labute approximate surface area is 99.4 Å². The molecule has 0 bridgehead atoms. The SMILES string of the molecule is CC(C)C(N)C(CO)N1CCN(C)CC1C. The number of aliphatic hydroxyl groups is 1. The molecule has 1 heterocycles. The molecule has 3 unspecified atom stereocenters. The third-order valence-corrected chi connectivity index (χ3v) is 3.71. The maximum atomic E-state index is 9.55. The molecule has 3 N–H and O–H groups in total. The molecule has 0 spiro atoms. The second-order valence-corrected chi connectivity index (χ2v) is 5.42. The van der Waals surface area contributed by atoms with Gasteiger partial charge < -0.3 is 15.7 Å². The Kier molecular flexibility index (Phi) is 5.18. The van der Waals surface area contributed by atoms with Gasteiger partial charge in [-0.25, -0.2) is 0 Å². The predicted molar refractivity (Wildman–Crippen MR) is 67.4 cm³/mol. The zero-order valence-corrected chi connectivity index (χ0v) is 11.1. The monoisotopic (exact) mass is 229 g/mol. The highest BCUT2D eigenvalue weighted by Crippen LogP contribution is 2.17. The number of piperazine rings is 1. The number of rotatable bonds is 4. The Bertz CT molecular complexity index is 210. The first-order valence-electron chi connectivity index (χ1n) is 6.28. The van der Waals surface area contributed by atoms with Crippen LogP contribution >= 0.6 is 0 Å². The van der Waals surface area contributed by atoms with Gasteiger partial charge in [-0.2, -0.15) is 0 Å². The Hall–Kier alpha value is -0.160. The predicted octanol–water partition coefficient (Wildman–Crippen LogP) is -0.0335. The fraction of sp³-hybridized carbons (Fsp3) is 1.00. The van der Waals surface area contributed by atoms with E-state index in [4.69, 9.17) is 5.73 Å². The van der Waals surface area contributed by atoms with E-state index >= 15 is 0 Å². The molecule has 16 heavy (non-hydrogen) atoms. The van der Waals surface area contributed by atoms with Gasteiger partial charge in [0.05, 0.1) is 6.61 Å². The maximum Gasteiger partial charge on any atom is 0.0602 e. The van der Waals surface area contributed by atoms with E-state index in [1.165, 1.54) is 0 Å². The minimum atomic E-state index is 0.0517. The van der Waals surface area contributed by atoms with Crippen molar-refractivity contribution in [1.82, 2.24) is 9.80 Å². The summed E-state index contributed by atoms with van der Waals surface area (Å²) >= 11 is 0. The number of aliphatic hydroxyl groups excluding tert-OH is 1. The maximum absolute atomic E-state index is 9.55. The fourth-order valence-corrected chi connectivity index (χ4v) is 2.54. The van der Waals surface area contributed by atoms with Gasteiger partial charge >= 0.3 is 0 Å². The second-order valence-electron chi connectivity index (χ2n) is 5.42. The highest BCUT2D eigenvalue weighted by molar-refractivity contribution is 4.89. The Morgan fingerprint density at radius 2 is 2.00 bits per heavy atom. The minimum Gasteiger partial charge on any atom is -0.395 e. The molecule has 3 atom stereocenters. The van der Waals surface area contributed by atoms with Crippen LogP contribution < -0.4 is 5.73 Å². The van der Waals surface area contributed by atoms with Gasteiger partial charge in [0.2, 0.25) is 0 Å². The summed E-state index contributed by atoms with van der Waals surface area (Å²) in [6.45, 7) is 9.73. The molecule has 0 aromatic carbocycles. The van der Waals surface area contributed by atoms with Crippen molar-refractivity contribution in [2.45, 2.75) is 38.9 Å². The molecule has 0 radical (unpaired) electrons. The van der Waals surface area contributed by atoms with Crippen molar-refractivity contribution in [1.29, 1.82) is 0 Å². The van der Waals surface area contributed by atoms with Crippen LogP contribution in [0.3, 0.4) is 0 Å². The van der Waals surface area contributed by atoms with Crippen LogP contribution in [0, 0.1) is 5.92 Å². The van der Waals surface area contributed by atoms with Gasteiger partial charge in [-0.1, -0.05) is 13.8 Å². The van der Waals surface area contributed by atoms with Crippen LogP contribution in [0.5, 0.6) is 0 Å². The van der Waals surface area contributed by atoms with Crippen LogP contribution in [0.15, 0.2) is 0 Å². The molecule has 0 saturated carbocycles. The molecule has 0 amide bonds. The summed E-state index contributed by atoms with van der Waals surface area (Å²) in [7, 11) is 2.14. The summed E-state index contributed by atoms with van der Waals surface area (Å²) in [5.41, 5.74) is 6.18. The van der Waals surface area contributed by atoms with Crippen molar-refractivity contribution in [2.24, 2.45) is 11.7 Å². The first-order valence-corrected chi connectivity index (χ1v) is 6.28. The number of nitrogens with zero attached hydrogens (tertiary/aromatic N) is 2. The average molecular weight is 229 g/mol. The first-order chi connectivity index (χ1) is 7.47. The van der Waals surface area contributed by atoms with Gasteiger partial charge in [-0.15, -0.1) is 0 Å². The number of likely N-dealkylation sites (N-methyl/N-ethyl adjacent to an activating group) is 1. The molecule has 1 saturated heterocycles. The topological polar surface area (TPSA) is 52.7 Å². The molecule has 4 nitrogen and oxygen atoms in total. The van der Waals surface area contributed by atoms with Crippen molar-refractivity contribution < 1.29 is 5.11 Å². The summed E-state index contributed by atoms with van der Waals surface area (Å²) in [4.78, 5) is 4.70. The van der Waals surface area contributed by atoms with Crippen LogP contribution in [0.1, 0.15) is 20.8 Å². The third-order valence-electron chi connectivity index (χ3n) is 3.71. The molecule has 1 rings (SSSR count). The first kappa shape index (κ1) is 13.9. The van der Waals surface area contributed by atoms with E-state index in [2.05, 4.69) is 37.6 Å². The molecule has 96 valence electrons. The van der Waals surface area contributed by atoms with Gasteiger partial charge in [0.15, 0.2) is 0 Å². The van der Waals surface area contributed by atoms with E-state index in [1.807, 2.05) is 0 Å². The second kappa shape index (κ2) is 5.96. The Morgan fingerprint density at radius 1 is 1.38 bits per heavy atom. The van der Waals surface area contributed by atoms with E-state index in [0.29, 0.717) is 12.0 Å². The van der Waals surface area contributed by atoms with Crippen molar-refractivity contribution in [2.75, 3.05) is 33.3 Å². The minimum absolute atomic E-state index is 0.0517. The standard InChI is InChI=1S/C12H27N3O/c1-9(2)12(13)11(8-16)15-6-5-14(4)7-10(15)3/h9-12,16H,5-8,13H2,1-4H3. The lowest BCUT2D eigenvalue weighted by atomic mass is 9.95. The van der Waals surface area contributed by atoms with Crippen LogP contribution in [0.25, 0.3) is 0 Å². The van der Waals surface area contributed by atoms with Crippen LogP contribution in [-0.2, 0) is 0 Å². The van der Waals surface area contributed by atoms with Crippen molar-refractivity contribution in [3.8, 4) is 0 Å². The zero-order chi connectivity index (χ0) is 12.3. The number of hydrogen-bond donors (Lipinski definition) is 2. The normalized spacial score (nSPS) is 28.3. The van der Waals surface area contributed by atoms with Crippen molar-refractivity contribution >= 4 is 0 Å². The lowest BCUT2D eigenvalue weighted by Crippen LogP contribution is -2.61. The van der Waals surface area contributed by atoms with Crippen LogP contribution in [0.4, 0.5) is 0 Å². The summed E-state index contributed by atoms with van der Waals surface area (Å²) in [6, 6.07) is 0.625. The smallest absolute Gasteiger partial charge is 0.0602 e. The molecule has 0 aromatic heterocycles. The summed E-state index contributed by atoms with van der Waals surface area (Å²) in [6.07, 6.45) is 0. The van der Waals surface area contributed by atoms with Gasteiger partial charge in [0, 0.05) is 37.8 Å². The van der Waals surface area contributed by atoms with E-state index in [0.717, 1.165) is 19.6 Å². The number of hydrogen-bond acceptors (Lipinski definition) is 4. The summed E-state index contributed by atoms with van der Waals surface area (Å²) in [5, 5.41) is 9.55. The lowest BCUT2D eigenvalue weighted by molar-refractivity contribution is 0.0173. The Balaban J connectivity index is 2.65. The van der Waals surface area contributed by atoms with Gasteiger partial charge in [-0.3, -0.25) is 4.90 Å². The Morgan fingerprint density at radius 3 is 2.44 bits per heavy atom. The van der Waals surface area contributed by atoms with E-state index in [9.17, 15) is 5.11 Å². The summed E-state index contributed by atoms with van der Waals surface area (Å²) < 4.78 is 0. The van der Waals surface area contributed by atoms with E-state index < -0.39 is 0 Å². The van der Waals surface area contributed by atoms with Gasteiger partial charge in [0.1, 0.15) is 0 Å². The molecular formula is C12H27N3O. The third kappa shape index (κ3) is 3.17. The molecular weight excluding hydrogens is 202 g/mol. The fourth-order valence-electron chi connectivity index (χ4n) is 2.54. The number of nitrogens with two attached hydrogens (primary N) is 1. The summed E-state index contributed by atoms with van der Waals surface area (Å²) in [5.74, 6) is 0.406. The average Bonchev–Trinajstić information content (AvgIpc) is 2.21. The largest absolute Gasteiger partial charge is 0.395 e. The van der Waals surface area contributed by atoms with Crippen molar-refractivity contribution in [3.05, 3.63) is 0 Å². The highest BCUT2D eigenvalue weighted by atomic mass is 16.3. The molecule has 0 aliphatic carbocycles. The highest BCUT2D eigenvalue weighted by Gasteiger charge is 2.32. The quantitative estimate of drug-likeness (QED) is 0.711. The van der Waals surface area contributed by atoms with Gasteiger partial charge in [0.25, 0.3) is 0 Å². The van der Waals surface area contributed by atoms with Crippen LogP contribution in [-0.4, -0.2) is 66.3 Å². The van der Waals surface area contributed by atoms with Crippen molar-refractivity contribution in [3.63, 3.8) is 0 Å². The molecule has 1 aliphatic rings. The molecule has 1 aliphatic heterocycles. The van der Waals surface area contributed by atoms with E-state index in [1.54, 1.807) is 0 Å². The lowest BCUT2D eigenvalue weighted by Gasteiger charge is -2.45. The van der Waals surface area contributed by atoms with Crippen LogP contribution in [0.2, 0.25) is 0 Å². The molecule has 0 aromatic rings.